The monoisotopic (exact) mass is 445 g/mol. The van der Waals surface area contributed by atoms with Crippen molar-refractivity contribution in [2.45, 2.75) is 69.5 Å². The molecule has 168 valence electrons. The number of hydrogen-bond acceptors (Lipinski definition) is 6. The smallest absolute Gasteiger partial charge is 0.330 e. The van der Waals surface area contributed by atoms with Gasteiger partial charge in [-0.3, -0.25) is 4.79 Å². The summed E-state index contributed by atoms with van der Waals surface area (Å²) in [5, 5.41) is 13.9. The Morgan fingerprint density at radius 1 is 1.42 bits per heavy atom. The fourth-order valence-corrected chi connectivity index (χ4v) is 4.87. The van der Waals surface area contributed by atoms with Gasteiger partial charge < -0.3 is 19.9 Å². The number of amides is 1. The van der Waals surface area contributed by atoms with Crippen molar-refractivity contribution in [3.63, 3.8) is 0 Å². The molecule has 2 aliphatic heterocycles. The molecule has 0 saturated carbocycles. The summed E-state index contributed by atoms with van der Waals surface area (Å²) < 4.78 is 11.8. The summed E-state index contributed by atoms with van der Waals surface area (Å²) in [5.74, 6) is -1.56. The lowest BCUT2D eigenvalue weighted by Crippen LogP contribution is -2.58. The third kappa shape index (κ3) is 6.95. The quantitative estimate of drug-likeness (QED) is 0.338. The Hall–Kier alpha value is -2.09. The van der Waals surface area contributed by atoms with E-state index in [0.717, 1.165) is 36.6 Å². The molecule has 0 radical (unpaired) electrons. The molecule has 1 aromatic rings. The summed E-state index contributed by atoms with van der Waals surface area (Å²) >= 11 is 1.12. The fraction of sp³-hybridized carbons (Fsp3) is 0.500. The van der Waals surface area contributed by atoms with E-state index in [1.807, 2.05) is 31.2 Å². The summed E-state index contributed by atoms with van der Waals surface area (Å²) in [7, 11) is 0. The van der Waals surface area contributed by atoms with E-state index in [0.29, 0.717) is 18.6 Å². The number of rotatable bonds is 9. The predicted molar refractivity (Wildman–Crippen MR) is 122 cm³/mol. The number of aliphatic hydroxyl groups is 1. The normalized spacial score (nSPS) is 28.8. The van der Waals surface area contributed by atoms with E-state index in [1.165, 1.54) is 11.6 Å². The molecular weight excluding hydrogens is 414 g/mol. The molecule has 1 unspecified atom stereocenters. The average Bonchev–Trinajstić information content (AvgIpc) is 3.18. The van der Waals surface area contributed by atoms with Crippen LogP contribution >= 0.6 is 11.8 Å². The lowest BCUT2D eigenvalue weighted by atomic mass is 9.91. The maximum Gasteiger partial charge on any atom is 0.330 e. The van der Waals surface area contributed by atoms with Gasteiger partial charge in [-0.15, -0.1) is 6.58 Å². The first-order valence-corrected chi connectivity index (χ1v) is 11.7. The topological polar surface area (TPSA) is 84.9 Å². The zero-order valence-electron chi connectivity index (χ0n) is 17.9. The molecule has 0 bridgehead atoms. The Balaban J connectivity index is 1.67. The van der Waals surface area contributed by atoms with Crippen molar-refractivity contribution in [2.24, 2.45) is 0 Å². The standard InChI is InChI=1S/C24H31NO5S/c1-3-4-8-17(2)13-22(26)29-20-14-19(12-11-18-9-6-5-7-10-18)30-24(28,15-20)21-16-31-23(27)25-21/h3,5-7,9-10,13,19-21,28H,1,4,8,11-12,14-16H2,2H3,(H,25,27)/b17-13-/t19-,20?,21+,24-/m1/s1. The minimum absolute atomic E-state index is 0.131. The van der Waals surface area contributed by atoms with Gasteiger partial charge in [0, 0.05) is 24.7 Å². The van der Waals surface area contributed by atoms with E-state index in [4.69, 9.17) is 9.47 Å². The van der Waals surface area contributed by atoms with Gasteiger partial charge in [0.25, 0.3) is 5.24 Å². The molecule has 7 heteroatoms. The van der Waals surface area contributed by atoms with Gasteiger partial charge in [-0.1, -0.05) is 53.7 Å². The molecule has 2 aliphatic rings. The van der Waals surface area contributed by atoms with Crippen LogP contribution in [0.5, 0.6) is 0 Å². The molecule has 3 rings (SSSR count). The molecule has 4 atom stereocenters. The minimum atomic E-state index is -1.56. The molecule has 2 saturated heterocycles. The van der Waals surface area contributed by atoms with Gasteiger partial charge in [0.2, 0.25) is 0 Å². The molecule has 2 N–H and O–H groups in total. The van der Waals surface area contributed by atoms with Crippen molar-refractivity contribution in [3.05, 3.63) is 60.2 Å². The Morgan fingerprint density at radius 2 is 2.19 bits per heavy atom. The third-order valence-corrected chi connectivity index (χ3v) is 6.50. The molecule has 1 aromatic carbocycles. The largest absolute Gasteiger partial charge is 0.459 e. The van der Waals surface area contributed by atoms with Crippen molar-refractivity contribution in [1.82, 2.24) is 5.32 Å². The second-order valence-corrected chi connectivity index (χ2v) is 9.21. The molecule has 2 heterocycles. The average molecular weight is 446 g/mol. The van der Waals surface area contributed by atoms with Crippen LogP contribution in [-0.2, 0) is 20.7 Å². The van der Waals surface area contributed by atoms with Crippen molar-refractivity contribution in [3.8, 4) is 0 Å². The maximum absolute atomic E-state index is 12.4. The summed E-state index contributed by atoms with van der Waals surface area (Å²) in [4.78, 5) is 24.1. The summed E-state index contributed by atoms with van der Waals surface area (Å²) in [6, 6.07) is 9.53. The first-order chi connectivity index (χ1) is 14.9. The maximum atomic E-state index is 12.4. The summed E-state index contributed by atoms with van der Waals surface area (Å²) in [5.41, 5.74) is 2.10. The molecular formula is C24H31NO5S. The van der Waals surface area contributed by atoms with Crippen LogP contribution in [0.15, 0.2) is 54.6 Å². The number of ether oxygens (including phenoxy) is 2. The van der Waals surface area contributed by atoms with Crippen LogP contribution < -0.4 is 5.32 Å². The number of esters is 1. The Kier molecular flexibility index (Phi) is 8.35. The van der Waals surface area contributed by atoms with E-state index in [1.54, 1.807) is 0 Å². The SMILES string of the molecule is C=CCC/C(C)=C\C(=O)OC1C[C@@H](CCc2ccccc2)O[C@@](O)([C@@H]2CSC(=O)N2)C1. The van der Waals surface area contributed by atoms with Crippen LogP contribution in [0, 0.1) is 0 Å². The van der Waals surface area contributed by atoms with Gasteiger partial charge in [0.05, 0.1) is 12.1 Å². The van der Waals surface area contributed by atoms with Crippen LogP contribution in [0.1, 0.15) is 44.6 Å². The van der Waals surface area contributed by atoms with Gasteiger partial charge >= 0.3 is 5.97 Å². The van der Waals surface area contributed by atoms with Gasteiger partial charge in [-0.25, -0.2) is 4.79 Å². The number of carbonyl (C=O) groups excluding carboxylic acids is 2. The van der Waals surface area contributed by atoms with Crippen LogP contribution in [0.25, 0.3) is 0 Å². The minimum Gasteiger partial charge on any atom is -0.459 e. The zero-order chi connectivity index (χ0) is 22.3. The number of benzene rings is 1. The number of thioether (sulfide) groups is 1. The van der Waals surface area contributed by atoms with E-state index in [-0.39, 0.29) is 17.8 Å². The second kappa shape index (κ2) is 11.0. The van der Waals surface area contributed by atoms with Crippen molar-refractivity contribution >= 4 is 23.0 Å². The highest BCUT2D eigenvalue weighted by molar-refractivity contribution is 8.14. The van der Waals surface area contributed by atoms with E-state index in [2.05, 4.69) is 24.0 Å². The highest BCUT2D eigenvalue weighted by atomic mass is 32.2. The van der Waals surface area contributed by atoms with Crippen LogP contribution in [-0.4, -0.2) is 46.1 Å². The molecule has 6 nitrogen and oxygen atoms in total. The number of allylic oxidation sites excluding steroid dienone is 2. The van der Waals surface area contributed by atoms with E-state index >= 15 is 0 Å². The first kappa shape index (κ1) is 23.6. The number of nitrogens with one attached hydrogen (secondary N) is 1. The van der Waals surface area contributed by atoms with Crippen molar-refractivity contribution < 1.29 is 24.2 Å². The Labute approximate surface area is 188 Å². The summed E-state index contributed by atoms with van der Waals surface area (Å²) in [6.45, 7) is 5.58. The van der Waals surface area contributed by atoms with Gasteiger partial charge in [-0.2, -0.15) is 0 Å². The van der Waals surface area contributed by atoms with Crippen molar-refractivity contribution in [2.75, 3.05) is 5.75 Å². The molecule has 1 amide bonds. The highest BCUT2D eigenvalue weighted by Crippen LogP contribution is 2.36. The fourth-order valence-electron chi connectivity index (χ4n) is 3.98. The van der Waals surface area contributed by atoms with Crippen LogP contribution in [0.2, 0.25) is 0 Å². The van der Waals surface area contributed by atoms with Gasteiger partial charge in [0.15, 0.2) is 5.79 Å². The lowest BCUT2D eigenvalue weighted by Gasteiger charge is -2.43. The highest BCUT2D eigenvalue weighted by Gasteiger charge is 2.49. The zero-order valence-corrected chi connectivity index (χ0v) is 18.7. The van der Waals surface area contributed by atoms with Gasteiger partial charge in [-0.05, 0) is 38.2 Å². The first-order valence-electron chi connectivity index (χ1n) is 10.7. The molecule has 0 aromatic heterocycles. The van der Waals surface area contributed by atoms with Gasteiger partial charge in [0.1, 0.15) is 6.10 Å². The molecule has 0 spiro atoms. The van der Waals surface area contributed by atoms with Crippen LogP contribution in [0.4, 0.5) is 4.79 Å². The second-order valence-electron chi connectivity index (χ2n) is 8.22. The number of aryl methyl sites for hydroxylation is 1. The van der Waals surface area contributed by atoms with Crippen molar-refractivity contribution in [1.29, 1.82) is 0 Å². The Bertz CT molecular complexity index is 811. The lowest BCUT2D eigenvalue weighted by molar-refractivity contribution is -0.283. The molecule has 2 fully saturated rings. The number of hydrogen-bond donors (Lipinski definition) is 2. The third-order valence-electron chi connectivity index (χ3n) is 5.62. The van der Waals surface area contributed by atoms with E-state index < -0.39 is 23.9 Å². The summed E-state index contributed by atoms with van der Waals surface area (Å²) in [6.07, 6.45) is 6.20. The predicted octanol–water partition coefficient (Wildman–Crippen LogP) is 4.14. The molecule has 31 heavy (non-hydrogen) atoms. The Morgan fingerprint density at radius 3 is 2.87 bits per heavy atom. The number of carbonyl (C=O) groups is 2. The van der Waals surface area contributed by atoms with Crippen LogP contribution in [0.3, 0.4) is 0 Å². The molecule has 0 aliphatic carbocycles. The van der Waals surface area contributed by atoms with E-state index in [9.17, 15) is 14.7 Å².